The second-order valence-electron chi connectivity index (χ2n) is 32.9. The lowest BCUT2D eigenvalue weighted by Crippen LogP contribution is -1.96. The summed E-state index contributed by atoms with van der Waals surface area (Å²) in [5.74, 6) is 1.33. The Morgan fingerprint density at radius 1 is 0.121 bits per heavy atom. The van der Waals surface area contributed by atoms with Gasteiger partial charge in [-0.3, -0.25) is 9.97 Å². The van der Waals surface area contributed by atoms with Gasteiger partial charge in [-0.1, -0.05) is 376 Å². The van der Waals surface area contributed by atoms with Gasteiger partial charge in [-0.25, -0.2) is 39.9 Å². The minimum absolute atomic E-state index is 0.656. The molecule has 10 heteroatoms. The van der Waals surface area contributed by atoms with E-state index in [4.69, 9.17) is 49.8 Å². The average Bonchev–Trinajstić information content (AvgIpc) is 0.750. The van der Waals surface area contributed by atoms with Crippen molar-refractivity contribution >= 4 is 65.4 Å². The van der Waals surface area contributed by atoms with Gasteiger partial charge < -0.3 is 0 Å². The van der Waals surface area contributed by atoms with E-state index in [2.05, 4.69) is 388 Å². The van der Waals surface area contributed by atoms with E-state index in [9.17, 15) is 0 Å². The molecule has 0 saturated carbocycles. The lowest BCUT2D eigenvalue weighted by atomic mass is 9.93. The summed E-state index contributed by atoms with van der Waals surface area (Å²) in [5, 5.41) is 6.41. The molecule has 0 N–H and O–H groups in total. The van der Waals surface area contributed by atoms with Crippen LogP contribution in [0.4, 0.5) is 0 Å². The molecule has 0 saturated heterocycles. The van der Waals surface area contributed by atoms with Gasteiger partial charge in [0.05, 0.1) is 78.7 Å². The highest BCUT2D eigenvalue weighted by Crippen LogP contribution is 2.44. The Kier molecular flexibility index (Phi) is 20.8. The van der Waals surface area contributed by atoms with Crippen molar-refractivity contribution in [1.29, 1.82) is 0 Å². The van der Waals surface area contributed by atoms with Crippen LogP contribution in [0.3, 0.4) is 0 Å². The summed E-state index contributed by atoms with van der Waals surface area (Å²) in [6.45, 7) is 0. The minimum Gasteiger partial charge on any atom is -0.256 e. The standard InChI is InChI=1S/2C61H39N5/c1-4-15-40(16-5-1)54-33-31-44-30-32-52-53(38-55(41-17-6-2-7-18-41)64-60(52)59(44)63-54)48-25-10-22-45(35-48)46-23-11-27-50(36-46)61-65-56(42-19-8-3-9-20-42)39-57(66-61)49-26-12-24-47(37-49)51-29-13-21-43-28-14-34-62-58(43)51;1-4-15-40(16-5-1)54-33-31-43-30-32-52-53(38-55(41-17-6-2-7-18-41)64-60(52)59(43)63-54)48-25-10-22-45(35-48)46-23-11-26-49(36-46)56-39-57(66-61(65-56)44-19-8-3-9-20-44)50-27-12-24-47(37-50)51-29-13-21-42-28-14-34-62-58(42)51/h2*1-39H. The van der Waals surface area contributed by atoms with Crippen molar-refractivity contribution in [1.82, 2.24) is 49.8 Å². The average molecular weight is 1680 g/mol. The van der Waals surface area contributed by atoms with Crippen LogP contribution in [0.15, 0.2) is 473 Å². The molecule has 8 heterocycles. The summed E-state index contributed by atoms with van der Waals surface area (Å²) < 4.78 is 0. The number of pyridine rings is 6. The Hall–Kier alpha value is -17.9. The van der Waals surface area contributed by atoms with Crippen molar-refractivity contribution in [3.8, 4) is 180 Å². The number of fused-ring (bicyclic) bond motifs is 8. The number of rotatable bonds is 16. The van der Waals surface area contributed by atoms with E-state index in [0.29, 0.717) is 11.6 Å². The van der Waals surface area contributed by atoms with Crippen molar-refractivity contribution in [3.63, 3.8) is 0 Å². The van der Waals surface area contributed by atoms with Crippen molar-refractivity contribution in [2.75, 3.05) is 0 Å². The number of hydrogen-bond acceptors (Lipinski definition) is 10. The van der Waals surface area contributed by atoms with Gasteiger partial charge in [-0.2, -0.15) is 0 Å². The van der Waals surface area contributed by atoms with Crippen LogP contribution in [-0.4, -0.2) is 49.8 Å². The zero-order valence-corrected chi connectivity index (χ0v) is 71.5. The molecule has 0 atom stereocenters. The fourth-order valence-electron chi connectivity index (χ4n) is 18.0. The summed E-state index contributed by atoms with van der Waals surface area (Å²) in [7, 11) is 0. The Morgan fingerprint density at radius 3 is 0.758 bits per heavy atom. The predicted octanol–water partition coefficient (Wildman–Crippen LogP) is 30.9. The van der Waals surface area contributed by atoms with Gasteiger partial charge in [0.15, 0.2) is 11.6 Å². The molecule has 8 aromatic heterocycles. The minimum atomic E-state index is 0.656. The van der Waals surface area contributed by atoms with Crippen molar-refractivity contribution < 1.29 is 0 Å². The van der Waals surface area contributed by atoms with Gasteiger partial charge >= 0.3 is 0 Å². The third kappa shape index (κ3) is 15.8. The highest BCUT2D eigenvalue weighted by atomic mass is 14.9. The summed E-state index contributed by atoms with van der Waals surface area (Å²) >= 11 is 0. The fraction of sp³-hybridized carbons (Fsp3) is 0. The zero-order chi connectivity index (χ0) is 87.6. The molecule has 616 valence electrons. The van der Waals surface area contributed by atoms with E-state index < -0.39 is 0 Å². The van der Waals surface area contributed by atoms with E-state index >= 15 is 0 Å². The third-order valence-electron chi connectivity index (χ3n) is 24.6. The largest absolute Gasteiger partial charge is 0.256 e. The number of nitrogens with zero attached hydrogens (tertiary/aromatic N) is 10. The first-order valence-corrected chi connectivity index (χ1v) is 44.3. The van der Waals surface area contributed by atoms with Crippen LogP contribution in [0.5, 0.6) is 0 Å². The molecule has 10 nitrogen and oxygen atoms in total. The molecule has 24 aromatic rings. The Balaban J connectivity index is 0.000000150. The lowest BCUT2D eigenvalue weighted by Gasteiger charge is -2.14. The SMILES string of the molecule is c1ccc(-c2cc(-c3cccc(-c4cccc5cccnc45)c3)nc(-c3cccc(-c4cccc(-c5cc(-c6ccccc6)nc6c5ccc5ccc(-c7ccccc7)nc56)c4)c3)n2)cc1.c1ccc(-c2ccc3ccc4c(-c5cccc(-c6cccc(-c7cc(-c8cccc(-c9cccc%10cccnc9%10)c8)nc(-c8ccccc8)n7)c6)c5)cc(-c5ccccc5)nc4c3n2)cc1. The number of hydrogen-bond donors (Lipinski definition) is 0. The molecule has 24 rings (SSSR count). The van der Waals surface area contributed by atoms with E-state index in [1.807, 2.05) is 85.2 Å². The van der Waals surface area contributed by atoms with Crippen molar-refractivity contribution in [2.45, 2.75) is 0 Å². The normalized spacial score (nSPS) is 11.3. The van der Waals surface area contributed by atoms with Gasteiger partial charge in [0.25, 0.3) is 0 Å². The Bertz CT molecular complexity index is 8000. The molecule has 132 heavy (non-hydrogen) atoms. The quantitative estimate of drug-likeness (QED) is 0.0862. The van der Waals surface area contributed by atoms with Gasteiger partial charge in [0.2, 0.25) is 0 Å². The van der Waals surface area contributed by atoms with Gasteiger partial charge in [0, 0.05) is 111 Å². The first kappa shape index (κ1) is 78.8. The van der Waals surface area contributed by atoms with Gasteiger partial charge in [0.1, 0.15) is 0 Å². The van der Waals surface area contributed by atoms with E-state index in [-0.39, 0.29) is 0 Å². The van der Waals surface area contributed by atoms with E-state index in [1.165, 1.54) is 0 Å². The first-order valence-electron chi connectivity index (χ1n) is 44.3. The van der Waals surface area contributed by atoms with Crippen molar-refractivity contribution in [2.24, 2.45) is 0 Å². The smallest absolute Gasteiger partial charge is 0.160 e. The maximum Gasteiger partial charge on any atom is 0.160 e. The molecular weight excluding hydrogens is 1610 g/mol. The zero-order valence-electron chi connectivity index (χ0n) is 71.5. The molecule has 0 amide bonds. The van der Waals surface area contributed by atoms with Crippen LogP contribution in [-0.2, 0) is 0 Å². The fourth-order valence-corrected chi connectivity index (χ4v) is 18.0. The third-order valence-corrected chi connectivity index (χ3v) is 24.6. The Labute approximate surface area is 763 Å². The molecule has 0 aliphatic carbocycles. The van der Waals surface area contributed by atoms with Crippen LogP contribution in [0.25, 0.3) is 245 Å². The molecule has 0 bridgehead atoms. The summed E-state index contributed by atoms with van der Waals surface area (Å²) in [6, 6.07) is 161. The maximum atomic E-state index is 5.33. The predicted molar refractivity (Wildman–Crippen MR) is 543 cm³/mol. The van der Waals surface area contributed by atoms with E-state index in [0.717, 1.165) is 233 Å². The van der Waals surface area contributed by atoms with Crippen LogP contribution in [0.2, 0.25) is 0 Å². The van der Waals surface area contributed by atoms with Gasteiger partial charge in [-0.15, -0.1) is 0 Å². The van der Waals surface area contributed by atoms with Crippen LogP contribution in [0, 0.1) is 0 Å². The topological polar surface area (TPSA) is 129 Å². The summed E-state index contributed by atoms with van der Waals surface area (Å²) in [4.78, 5) is 51.5. The van der Waals surface area contributed by atoms with Crippen molar-refractivity contribution in [3.05, 3.63) is 473 Å². The molecule has 0 aliphatic heterocycles. The van der Waals surface area contributed by atoms with Crippen LogP contribution in [0.1, 0.15) is 0 Å². The molecule has 0 spiro atoms. The molecule has 0 radical (unpaired) electrons. The van der Waals surface area contributed by atoms with Crippen LogP contribution < -0.4 is 0 Å². The maximum absolute atomic E-state index is 5.33. The second-order valence-corrected chi connectivity index (χ2v) is 32.9. The molecular formula is C122H78N10. The molecule has 0 fully saturated rings. The molecule has 0 unspecified atom stereocenters. The van der Waals surface area contributed by atoms with Gasteiger partial charge in [-0.05, 0) is 141 Å². The molecule has 16 aromatic carbocycles. The Morgan fingerprint density at radius 2 is 0.371 bits per heavy atom. The lowest BCUT2D eigenvalue weighted by molar-refractivity contribution is 1.18. The highest BCUT2D eigenvalue weighted by molar-refractivity contribution is 6.12. The number of para-hydroxylation sites is 2. The van der Waals surface area contributed by atoms with E-state index in [1.54, 1.807) is 0 Å². The first-order chi connectivity index (χ1) is 65.4. The van der Waals surface area contributed by atoms with Crippen LogP contribution >= 0.6 is 0 Å². The summed E-state index contributed by atoms with van der Waals surface area (Å²) in [5.41, 5.74) is 35.7. The monoisotopic (exact) mass is 1680 g/mol. The molecule has 0 aliphatic rings. The summed E-state index contributed by atoms with van der Waals surface area (Å²) in [6.07, 6.45) is 3.71. The highest BCUT2D eigenvalue weighted by Gasteiger charge is 2.22. The number of aromatic nitrogens is 10. The number of benzene rings is 16. The second kappa shape index (κ2) is 34.8.